The Morgan fingerprint density at radius 3 is 3.11 bits per heavy atom. The number of nitrogens with one attached hydrogen (secondary N) is 1. The van der Waals surface area contributed by atoms with E-state index in [1.807, 2.05) is 0 Å². The van der Waals surface area contributed by atoms with Crippen LogP contribution in [-0.2, 0) is 4.79 Å². The van der Waals surface area contributed by atoms with Gasteiger partial charge >= 0.3 is 5.97 Å². The molecule has 0 spiro atoms. The lowest BCUT2D eigenvalue weighted by Gasteiger charge is -2.41. The highest BCUT2D eigenvalue weighted by Gasteiger charge is 2.42. The molecule has 2 aliphatic heterocycles. The summed E-state index contributed by atoms with van der Waals surface area (Å²) in [5.41, 5.74) is 1.36. The van der Waals surface area contributed by atoms with Crippen LogP contribution < -0.4 is 5.32 Å². The Kier molecular flexibility index (Phi) is 2.93. The predicted molar refractivity (Wildman–Crippen MR) is 69.6 cm³/mol. The van der Waals surface area contributed by atoms with Crippen LogP contribution in [0.2, 0.25) is 0 Å². The Hall–Kier alpha value is -1.23. The number of hydrogen-bond donors (Lipinski definition) is 2. The highest BCUT2D eigenvalue weighted by Crippen LogP contribution is 2.43. The fourth-order valence-corrected chi connectivity index (χ4v) is 4.22. The minimum Gasteiger partial charge on any atom is -0.481 e. The second-order valence-corrected chi connectivity index (χ2v) is 5.98. The lowest BCUT2D eigenvalue weighted by atomic mass is 9.77. The van der Waals surface area contributed by atoms with Crippen LogP contribution >= 0.6 is 11.8 Å². The number of carbonyl (C=O) groups is 1. The smallest absolute Gasteiger partial charge is 0.311 e. The van der Waals surface area contributed by atoms with Crippen molar-refractivity contribution >= 4 is 23.4 Å². The van der Waals surface area contributed by atoms with Gasteiger partial charge in [-0.3, -0.25) is 4.79 Å². The summed E-state index contributed by atoms with van der Waals surface area (Å²) in [5.74, 6) is 0.339. The summed E-state index contributed by atoms with van der Waals surface area (Å²) in [4.78, 5) is 11.5. The number of fused-ring (bicyclic) bond motifs is 2. The van der Waals surface area contributed by atoms with Crippen molar-refractivity contribution < 1.29 is 14.3 Å². The van der Waals surface area contributed by atoms with E-state index >= 15 is 0 Å². The Labute approximate surface area is 109 Å². The van der Waals surface area contributed by atoms with Gasteiger partial charge in [0.15, 0.2) is 0 Å². The third kappa shape index (κ3) is 1.86. The van der Waals surface area contributed by atoms with E-state index in [2.05, 4.69) is 5.32 Å². The molecule has 3 rings (SSSR count). The molecule has 3 unspecified atom stereocenters. The molecule has 5 heteroatoms. The minimum atomic E-state index is -0.804. The summed E-state index contributed by atoms with van der Waals surface area (Å²) in [6.07, 6.45) is 0.940. The number of thioether (sulfide) groups is 1. The Balaban J connectivity index is 2.06. The van der Waals surface area contributed by atoms with Crippen LogP contribution in [0.1, 0.15) is 17.9 Å². The van der Waals surface area contributed by atoms with Crippen molar-refractivity contribution in [1.29, 1.82) is 0 Å². The molecule has 0 aromatic heterocycles. The van der Waals surface area contributed by atoms with Gasteiger partial charge in [-0.05, 0) is 35.6 Å². The Morgan fingerprint density at radius 1 is 1.50 bits per heavy atom. The van der Waals surface area contributed by atoms with Crippen molar-refractivity contribution in [3.63, 3.8) is 0 Å². The molecule has 2 heterocycles. The van der Waals surface area contributed by atoms with E-state index < -0.39 is 11.9 Å². The van der Waals surface area contributed by atoms with Gasteiger partial charge in [0.05, 0.1) is 5.92 Å². The van der Waals surface area contributed by atoms with Gasteiger partial charge in [0.25, 0.3) is 0 Å². The summed E-state index contributed by atoms with van der Waals surface area (Å²) >= 11 is 1.80. The minimum absolute atomic E-state index is 0.0965. The number of rotatable bonds is 1. The van der Waals surface area contributed by atoms with Crippen molar-refractivity contribution in [2.45, 2.75) is 18.4 Å². The predicted octanol–water partition coefficient (Wildman–Crippen LogP) is 2.54. The molecule has 1 aromatic rings. The maximum atomic E-state index is 13.3. The summed E-state index contributed by atoms with van der Waals surface area (Å²) in [6.45, 7) is 0. The zero-order chi connectivity index (χ0) is 12.7. The molecular weight excluding hydrogens is 253 g/mol. The second-order valence-electron chi connectivity index (χ2n) is 4.83. The molecule has 0 amide bonds. The van der Waals surface area contributed by atoms with Crippen LogP contribution in [0.15, 0.2) is 18.2 Å². The molecule has 1 fully saturated rings. The van der Waals surface area contributed by atoms with Gasteiger partial charge in [-0.2, -0.15) is 11.8 Å². The zero-order valence-electron chi connectivity index (χ0n) is 9.73. The Bertz CT molecular complexity index is 494. The van der Waals surface area contributed by atoms with Crippen LogP contribution in [0.3, 0.4) is 0 Å². The van der Waals surface area contributed by atoms with Crippen LogP contribution in [0, 0.1) is 11.7 Å². The van der Waals surface area contributed by atoms with E-state index in [1.165, 1.54) is 12.1 Å². The number of halogens is 1. The molecule has 0 aliphatic carbocycles. The van der Waals surface area contributed by atoms with Crippen LogP contribution in [0.25, 0.3) is 0 Å². The summed E-state index contributed by atoms with van der Waals surface area (Å²) in [6, 6.07) is 4.50. The number of anilines is 1. The van der Waals surface area contributed by atoms with Gasteiger partial charge < -0.3 is 10.4 Å². The van der Waals surface area contributed by atoms with Gasteiger partial charge in [-0.25, -0.2) is 4.39 Å². The van der Waals surface area contributed by atoms with Crippen molar-refractivity contribution in [2.24, 2.45) is 5.92 Å². The van der Waals surface area contributed by atoms with E-state index in [0.29, 0.717) is 11.3 Å². The summed E-state index contributed by atoms with van der Waals surface area (Å²) in [7, 11) is 0. The maximum Gasteiger partial charge on any atom is 0.311 e. The normalized spacial score (nSPS) is 29.9. The molecule has 2 aliphatic rings. The van der Waals surface area contributed by atoms with Crippen molar-refractivity contribution in [3.8, 4) is 0 Å². The van der Waals surface area contributed by atoms with Gasteiger partial charge in [0, 0.05) is 17.6 Å². The molecule has 2 N–H and O–H groups in total. The molecular formula is C13H14FNO2S. The molecule has 1 saturated heterocycles. The van der Waals surface area contributed by atoms with Crippen molar-refractivity contribution in [2.75, 3.05) is 16.8 Å². The monoisotopic (exact) mass is 267 g/mol. The maximum absolute atomic E-state index is 13.3. The van der Waals surface area contributed by atoms with Crippen LogP contribution in [0.5, 0.6) is 0 Å². The first-order chi connectivity index (χ1) is 8.66. The topological polar surface area (TPSA) is 49.3 Å². The van der Waals surface area contributed by atoms with Crippen molar-refractivity contribution in [1.82, 2.24) is 0 Å². The third-order valence-electron chi connectivity index (χ3n) is 3.79. The molecule has 18 heavy (non-hydrogen) atoms. The van der Waals surface area contributed by atoms with Gasteiger partial charge in [0.2, 0.25) is 0 Å². The number of aliphatic carboxylic acids is 1. The van der Waals surface area contributed by atoms with Crippen molar-refractivity contribution in [3.05, 3.63) is 29.6 Å². The standard InChI is InChI=1S/C13H14FNO2S/c14-7-1-2-8-11(5-7)15-10-3-4-18-6-9(10)12(8)13(16)17/h1-2,5,9-10,12,15H,3-4,6H2,(H,16,17). The third-order valence-corrected chi connectivity index (χ3v) is 4.93. The molecule has 3 nitrogen and oxygen atoms in total. The quantitative estimate of drug-likeness (QED) is 0.821. The largest absolute Gasteiger partial charge is 0.481 e. The van der Waals surface area contributed by atoms with E-state index in [0.717, 1.165) is 17.9 Å². The first-order valence-corrected chi connectivity index (χ1v) is 7.19. The average Bonchev–Trinajstić information content (AvgIpc) is 2.35. The lowest BCUT2D eigenvalue weighted by Crippen LogP contribution is -2.44. The SMILES string of the molecule is O=C(O)C1c2ccc(F)cc2NC2CCSCC21. The van der Waals surface area contributed by atoms with E-state index in [9.17, 15) is 14.3 Å². The molecule has 0 saturated carbocycles. The average molecular weight is 267 g/mol. The molecule has 3 atom stereocenters. The van der Waals surface area contributed by atoms with Gasteiger partial charge in [0.1, 0.15) is 5.82 Å². The molecule has 96 valence electrons. The van der Waals surface area contributed by atoms with Gasteiger partial charge in [-0.15, -0.1) is 0 Å². The van der Waals surface area contributed by atoms with Gasteiger partial charge in [-0.1, -0.05) is 6.07 Å². The zero-order valence-corrected chi connectivity index (χ0v) is 10.5. The number of carboxylic acids is 1. The number of carboxylic acid groups (broad SMARTS) is 1. The highest BCUT2D eigenvalue weighted by atomic mass is 32.2. The first-order valence-electron chi connectivity index (χ1n) is 6.03. The molecule has 1 aromatic carbocycles. The fraction of sp³-hybridized carbons (Fsp3) is 0.462. The summed E-state index contributed by atoms with van der Waals surface area (Å²) < 4.78 is 13.3. The summed E-state index contributed by atoms with van der Waals surface area (Å²) in [5, 5.41) is 12.8. The molecule has 0 radical (unpaired) electrons. The highest BCUT2D eigenvalue weighted by molar-refractivity contribution is 7.99. The number of hydrogen-bond acceptors (Lipinski definition) is 3. The first kappa shape index (κ1) is 11.8. The fourth-order valence-electron chi connectivity index (χ4n) is 2.94. The molecule has 0 bridgehead atoms. The number of benzene rings is 1. The lowest BCUT2D eigenvalue weighted by molar-refractivity contribution is -0.140. The second kappa shape index (κ2) is 4.46. The van der Waals surface area contributed by atoms with E-state index in [4.69, 9.17) is 0 Å². The Morgan fingerprint density at radius 2 is 2.33 bits per heavy atom. The van der Waals surface area contributed by atoms with E-state index in [1.54, 1.807) is 17.8 Å². The van der Waals surface area contributed by atoms with E-state index in [-0.39, 0.29) is 17.8 Å². The van der Waals surface area contributed by atoms with Crippen LogP contribution in [0.4, 0.5) is 10.1 Å². The van der Waals surface area contributed by atoms with Crippen LogP contribution in [-0.4, -0.2) is 28.6 Å².